The molecule has 0 spiro atoms. The minimum atomic E-state index is -3.06. The Balaban J connectivity index is 1.86. The monoisotopic (exact) mass is 394 g/mol. The standard InChI is InChI=1S/C20H34N4O2S/c1-4-5-12-21-20(22-15-18-8-6-17(2)7-9-18)23-16-19-10-13-24(14-11-19)27(3,25)26/h6-9,19H,4-5,10-16H2,1-3H3,(H2,21,22,23). The number of guanidine groups is 1. The fourth-order valence-corrected chi connectivity index (χ4v) is 3.98. The molecule has 0 bridgehead atoms. The van der Waals surface area contributed by atoms with E-state index in [0.717, 1.165) is 44.7 Å². The van der Waals surface area contributed by atoms with Crippen LogP contribution in [0.3, 0.4) is 0 Å². The van der Waals surface area contributed by atoms with E-state index >= 15 is 0 Å². The van der Waals surface area contributed by atoms with Crippen molar-refractivity contribution in [1.29, 1.82) is 0 Å². The van der Waals surface area contributed by atoms with Crippen molar-refractivity contribution in [3.05, 3.63) is 35.4 Å². The van der Waals surface area contributed by atoms with Gasteiger partial charge >= 0.3 is 0 Å². The SMILES string of the molecule is CCCCNC(=NCc1ccc(C)cc1)NCC1CCN(S(C)(=O)=O)CC1. The fraction of sp³-hybridized carbons (Fsp3) is 0.650. The van der Waals surface area contributed by atoms with Crippen molar-refractivity contribution < 1.29 is 8.42 Å². The molecule has 0 saturated carbocycles. The number of unbranched alkanes of at least 4 members (excludes halogenated alkanes) is 1. The first kappa shape index (κ1) is 21.7. The number of hydrogen-bond acceptors (Lipinski definition) is 3. The highest BCUT2D eigenvalue weighted by molar-refractivity contribution is 7.88. The van der Waals surface area contributed by atoms with E-state index in [1.54, 1.807) is 4.31 Å². The van der Waals surface area contributed by atoms with Gasteiger partial charge < -0.3 is 10.6 Å². The number of aliphatic imine (C=N–C) groups is 1. The molecular weight excluding hydrogens is 360 g/mol. The first-order valence-corrected chi connectivity index (χ1v) is 11.8. The summed E-state index contributed by atoms with van der Waals surface area (Å²) in [6, 6.07) is 8.45. The van der Waals surface area contributed by atoms with Crippen LogP contribution in [-0.2, 0) is 16.6 Å². The van der Waals surface area contributed by atoms with Crippen molar-refractivity contribution in [2.24, 2.45) is 10.9 Å². The number of piperidine rings is 1. The maximum absolute atomic E-state index is 11.6. The number of sulfonamides is 1. The topological polar surface area (TPSA) is 73.8 Å². The van der Waals surface area contributed by atoms with Gasteiger partial charge in [-0.1, -0.05) is 43.2 Å². The second kappa shape index (κ2) is 10.7. The van der Waals surface area contributed by atoms with Crippen LogP contribution in [0, 0.1) is 12.8 Å². The van der Waals surface area contributed by atoms with E-state index in [-0.39, 0.29) is 0 Å². The Hall–Kier alpha value is -1.60. The molecule has 1 aliphatic rings. The summed E-state index contributed by atoms with van der Waals surface area (Å²) in [6.45, 7) is 7.87. The lowest BCUT2D eigenvalue weighted by molar-refractivity contribution is 0.275. The first-order valence-electron chi connectivity index (χ1n) is 9.91. The molecule has 0 aromatic heterocycles. The molecule has 2 N–H and O–H groups in total. The molecule has 0 amide bonds. The van der Waals surface area contributed by atoms with Crippen molar-refractivity contribution in [2.75, 3.05) is 32.4 Å². The summed E-state index contributed by atoms with van der Waals surface area (Å²) in [7, 11) is -3.06. The van der Waals surface area contributed by atoms with Gasteiger partial charge in [0.15, 0.2) is 5.96 Å². The van der Waals surface area contributed by atoms with E-state index < -0.39 is 10.0 Å². The molecule has 6 nitrogen and oxygen atoms in total. The van der Waals surface area contributed by atoms with Gasteiger partial charge in [0, 0.05) is 26.2 Å². The van der Waals surface area contributed by atoms with Crippen molar-refractivity contribution in [3.8, 4) is 0 Å². The van der Waals surface area contributed by atoms with Gasteiger partial charge in [0.25, 0.3) is 0 Å². The minimum Gasteiger partial charge on any atom is -0.356 e. The third-order valence-electron chi connectivity index (χ3n) is 4.96. The Labute approximate surface area is 164 Å². The lowest BCUT2D eigenvalue weighted by Gasteiger charge is -2.30. The quantitative estimate of drug-likeness (QED) is 0.404. The maximum atomic E-state index is 11.6. The van der Waals surface area contributed by atoms with Crippen LogP contribution >= 0.6 is 0 Å². The number of aryl methyl sites for hydroxylation is 1. The number of rotatable bonds is 8. The van der Waals surface area contributed by atoms with E-state index in [1.807, 2.05) is 0 Å². The zero-order valence-electron chi connectivity index (χ0n) is 16.9. The number of nitrogens with one attached hydrogen (secondary N) is 2. The lowest BCUT2D eigenvalue weighted by atomic mass is 9.98. The van der Waals surface area contributed by atoms with Crippen LogP contribution in [0.15, 0.2) is 29.3 Å². The highest BCUT2D eigenvalue weighted by atomic mass is 32.2. The second-order valence-corrected chi connectivity index (χ2v) is 9.40. The van der Waals surface area contributed by atoms with E-state index in [4.69, 9.17) is 4.99 Å². The summed E-state index contributed by atoms with van der Waals surface area (Å²) >= 11 is 0. The van der Waals surface area contributed by atoms with Crippen LogP contribution in [0.25, 0.3) is 0 Å². The Morgan fingerprint density at radius 1 is 1.19 bits per heavy atom. The van der Waals surface area contributed by atoms with Crippen LogP contribution in [-0.4, -0.2) is 51.1 Å². The average molecular weight is 395 g/mol. The van der Waals surface area contributed by atoms with Gasteiger partial charge in [-0.2, -0.15) is 0 Å². The van der Waals surface area contributed by atoms with Gasteiger partial charge in [0.2, 0.25) is 10.0 Å². The molecule has 27 heavy (non-hydrogen) atoms. The van der Waals surface area contributed by atoms with Crippen LogP contribution < -0.4 is 10.6 Å². The molecule has 0 unspecified atom stereocenters. The summed E-state index contributed by atoms with van der Waals surface area (Å²) in [5, 5.41) is 6.86. The Bertz CT molecular complexity index is 693. The molecule has 1 heterocycles. The molecule has 7 heteroatoms. The summed E-state index contributed by atoms with van der Waals surface area (Å²) < 4.78 is 24.8. The fourth-order valence-electron chi connectivity index (χ4n) is 3.11. The van der Waals surface area contributed by atoms with Crippen LogP contribution in [0.4, 0.5) is 0 Å². The predicted octanol–water partition coefficient (Wildman–Crippen LogP) is 2.50. The average Bonchev–Trinajstić information content (AvgIpc) is 2.64. The summed E-state index contributed by atoms with van der Waals surface area (Å²) in [5.41, 5.74) is 2.45. The van der Waals surface area contributed by atoms with E-state index in [2.05, 4.69) is 48.7 Å². The molecule has 152 valence electrons. The molecule has 0 aliphatic carbocycles. The Kier molecular flexibility index (Phi) is 8.57. The smallest absolute Gasteiger partial charge is 0.211 e. The molecular formula is C20H34N4O2S. The van der Waals surface area contributed by atoms with Gasteiger partial charge in [-0.25, -0.2) is 17.7 Å². The first-order chi connectivity index (χ1) is 12.9. The van der Waals surface area contributed by atoms with E-state index in [1.165, 1.54) is 17.4 Å². The zero-order valence-corrected chi connectivity index (χ0v) is 17.7. The van der Waals surface area contributed by atoms with Crippen molar-refractivity contribution in [3.63, 3.8) is 0 Å². The van der Waals surface area contributed by atoms with Crippen molar-refractivity contribution in [1.82, 2.24) is 14.9 Å². The normalized spacial score (nSPS) is 17.1. The van der Waals surface area contributed by atoms with Crippen molar-refractivity contribution >= 4 is 16.0 Å². The molecule has 1 fully saturated rings. The van der Waals surface area contributed by atoms with Gasteiger partial charge in [0.05, 0.1) is 12.8 Å². The Morgan fingerprint density at radius 3 is 2.44 bits per heavy atom. The number of benzene rings is 1. The lowest BCUT2D eigenvalue weighted by Crippen LogP contribution is -2.44. The Morgan fingerprint density at radius 2 is 1.85 bits per heavy atom. The molecule has 2 rings (SSSR count). The molecule has 1 aromatic carbocycles. The van der Waals surface area contributed by atoms with E-state index in [0.29, 0.717) is 25.6 Å². The highest BCUT2D eigenvalue weighted by Crippen LogP contribution is 2.18. The highest BCUT2D eigenvalue weighted by Gasteiger charge is 2.24. The van der Waals surface area contributed by atoms with Crippen molar-refractivity contribution in [2.45, 2.75) is 46.1 Å². The van der Waals surface area contributed by atoms with Gasteiger partial charge in [-0.3, -0.25) is 0 Å². The van der Waals surface area contributed by atoms with Crippen LogP contribution in [0.2, 0.25) is 0 Å². The minimum absolute atomic E-state index is 0.473. The van der Waals surface area contributed by atoms with Gasteiger partial charge in [-0.15, -0.1) is 0 Å². The number of nitrogens with zero attached hydrogens (tertiary/aromatic N) is 2. The van der Waals surface area contributed by atoms with Crippen LogP contribution in [0.1, 0.15) is 43.7 Å². The van der Waals surface area contributed by atoms with Gasteiger partial charge in [-0.05, 0) is 37.7 Å². The summed E-state index contributed by atoms with van der Waals surface area (Å²) in [5.74, 6) is 1.31. The summed E-state index contributed by atoms with van der Waals surface area (Å²) in [6.07, 6.45) is 5.32. The summed E-state index contributed by atoms with van der Waals surface area (Å²) in [4.78, 5) is 4.72. The van der Waals surface area contributed by atoms with Gasteiger partial charge in [0.1, 0.15) is 0 Å². The molecule has 0 atom stereocenters. The third-order valence-corrected chi connectivity index (χ3v) is 6.27. The third kappa shape index (κ3) is 7.89. The zero-order chi connectivity index (χ0) is 19.7. The second-order valence-electron chi connectivity index (χ2n) is 7.42. The largest absolute Gasteiger partial charge is 0.356 e. The molecule has 0 radical (unpaired) electrons. The van der Waals surface area contributed by atoms with Crippen LogP contribution in [0.5, 0.6) is 0 Å². The molecule has 1 aromatic rings. The molecule has 1 aliphatic heterocycles. The van der Waals surface area contributed by atoms with E-state index in [9.17, 15) is 8.42 Å². The number of hydrogen-bond donors (Lipinski definition) is 2. The maximum Gasteiger partial charge on any atom is 0.211 e. The molecule has 1 saturated heterocycles. The predicted molar refractivity (Wildman–Crippen MR) is 112 cm³/mol.